The van der Waals surface area contributed by atoms with E-state index in [0.717, 1.165) is 0 Å². The first-order chi connectivity index (χ1) is 13.6. The van der Waals surface area contributed by atoms with E-state index in [-0.39, 0.29) is 13.2 Å². The highest BCUT2D eigenvalue weighted by Crippen LogP contribution is 1.92. The summed E-state index contributed by atoms with van der Waals surface area (Å²) < 4.78 is 15.6. The van der Waals surface area contributed by atoms with Crippen molar-refractivity contribution in [2.45, 2.75) is 52.3 Å². The molecule has 0 amide bonds. The average Bonchev–Trinajstić information content (AvgIpc) is 2.68. The summed E-state index contributed by atoms with van der Waals surface area (Å²) in [6.45, 7) is 0.113. The number of nitrogens with zero attached hydrogens (tertiary/aromatic N) is 3. The lowest BCUT2D eigenvalue weighted by atomic mass is 10.3. The quantitative estimate of drug-likeness (QED) is 0.353. The van der Waals surface area contributed by atoms with E-state index in [2.05, 4.69) is 0 Å². The van der Waals surface area contributed by atoms with Gasteiger partial charge in [0, 0.05) is 7.11 Å². The second-order valence-corrected chi connectivity index (χ2v) is 6.14. The van der Waals surface area contributed by atoms with E-state index >= 15 is 0 Å². The molecule has 164 valence electrons. The molecule has 1 heterocycles. The van der Waals surface area contributed by atoms with Gasteiger partial charge < -0.3 is 24.4 Å². The minimum atomic E-state index is -1.23. The van der Waals surface area contributed by atoms with Crippen LogP contribution in [-0.2, 0) is 43.6 Å². The molecule has 0 radical (unpaired) electrons. The highest BCUT2D eigenvalue weighted by molar-refractivity contribution is 5.69. The van der Waals surface area contributed by atoms with E-state index in [9.17, 15) is 29.1 Å². The number of esters is 2. The summed E-state index contributed by atoms with van der Waals surface area (Å²) >= 11 is 0. The Bertz CT molecular complexity index is 882. The zero-order valence-electron chi connectivity index (χ0n) is 16.4. The van der Waals surface area contributed by atoms with E-state index in [1.807, 2.05) is 0 Å². The van der Waals surface area contributed by atoms with E-state index < -0.39 is 61.0 Å². The number of aromatic nitrogens is 3. The standard InChI is InChI=1S/C16H25N3O10/c1-4-11(21)8-29-13(23)6-18-14(24)17(5-12(22)28-7-10(2)20)15(25)19(9-27-3)16(18)26/h10-11,20-21H,4-9H2,1-3H3. The second-order valence-electron chi connectivity index (χ2n) is 6.14. The van der Waals surface area contributed by atoms with Crippen LogP contribution in [0.3, 0.4) is 0 Å². The maximum Gasteiger partial charge on any atom is 0.338 e. The Morgan fingerprint density at radius 3 is 1.76 bits per heavy atom. The second kappa shape index (κ2) is 11.3. The van der Waals surface area contributed by atoms with E-state index in [4.69, 9.17) is 19.3 Å². The zero-order chi connectivity index (χ0) is 22.1. The molecule has 0 aliphatic carbocycles. The number of aliphatic hydroxyl groups excluding tert-OH is 2. The Hall–Kier alpha value is -2.77. The van der Waals surface area contributed by atoms with Crippen molar-refractivity contribution in [3.63, 3.8) is 0 Å². The molecule has 0 fully saturated rings. The van der Waals surface area contributed by atoms with Crippen molar-refractivity contribution in [1.29, 1.82) is 0 Å². The molecule has 0 saturated heterocycles. The van der Waals surface area contributed by atoms with Crippen molar-refractivity contribution in [2.24, 2.45) is 0 Å². The molecule has 1 aromatic heterocycles. The van der Waals surface area contributed by atoms with Crippen molar-refractivity contribution < 1.29 is 34.0 Å². The van der Waals surface area contributed by atoms with E-state index in [0.29, 0.717) is 20.1 Å². The molecule has 0 bridgehead atoms. The minimum Gasteiger partial charge on any atom is -0.462 e. The van der Waals surface area contributed by atoms with Gasteiger partial charge >= 0.3 is 29.0 Å². The Morgan fingerprint density at radius 2 is 1.34 bits per heavy atom. The third-order valence-corrected chi connectivity index (χ3v) is 3.61. The highest BCUT2D eigenvalue weighted by atomic mass is 16.5. The number of hydrogen-bond donors (Lipinski definition) is 2. The lowest BCUT2D eigenvalue weighted by Gasteiger charge is -2.14. The maximum atomic E-state index is 12.5. The number of carbonyl (C=O) groups excluding carboxylic acids is 2. The smallest absolute Gasteiger partial charge is 0.338 e. The average molecular weight is 419 g/mol. The third-order valence-electron chi connectivity index (χ3n) is 3.61. The van der Waals surface area contributed by atoms with Crippen molar-refractivity contribution in [3.05, 3.63) is 31.5 Å². The van der Waals surface area contributed by atoms with Crippen LogP contribution in [0.5, 0.6) is 0 Å². The van der Waals surface area contributed by atoms with Crippen LogP contribution in [0.2, 0.25) is 0 Å². The van der Waals surface area contributed by atoms with E-state index in [1.54, 1.807) is 6.92 Å². The van der Waals surface area contributed by atoms with Gasteiger partial charge in [-0.05, 0) is 13.3 Å². The molecular formula is C16H25N3O10. The number of carbonyl (C=O) groups is 2. The molecule has 13 nitrogen and oxygen atoms in total. The first-order valence-electron chi connectivity index (χ1n) is 8.73. The summed E-state index contributed by atoms with van der Waals surface area (Å²) in [4.78, 5) is 61.1. The number of hydrogen-bond acceptors (Lipinski definition) is 10. The molecule has 1 rings (SSSR count). The lowest BCUT2D eigenvalue weighted by Crippen LogP contribution is -2.56. The Labute approximate surface area is 164 Å². The zero-order valence-corrected chi connectivity index (χ0v) is 16.4. The van der Waals surface area contributed by atoms with Gasteiger partial charge in [-0.15, -0.1) is 0 Å². The van der Waals surface area contributed by atoms with Crippen LogP contribution in [0, 0.1) is 0 Å². The topological polar surface area (TPSA) is 168 Å². The molecule has 29 heavy (non-hydrogen) atoms. The summed E-state index contributed by atoms with van der Waals surface area (Å²) in [6.07, 6.45) is -1.53. The summed E-state index contributed by atoms with van der Waals surface area (Å²) in [5, 5.41) is 18.6. The van der Waals surface area contributed by atoms with Crippen LogP contribution in [-0.4, -0.2) is 68.4 Å². The maximum absolute atomic E-state index is 12.5. The van der Waals surface area contributed by atoms with Crippen molar-refractivity contribution in [1.82, 2.24) is 13.7 Å². The fourth-order valence-corrected chi connectivity index (χ4v) is 2.06. The number of aliphatic hydroxyl groups is 2. The van der Waals surface area contributed by atoms with Gasteiger partial charge in [0.05, 0.1) is 12.2 Å². The Balaban J connectivity index is 3.25. The van der Waals surface area contributed by atoms with Crippen molar-refractivity contribution in [3.8, 4) is 0 Å². The predicted octanol–water partition coefficient (Wildman–Crippen LogP) is -2.99. The van der Waals surface area contributed by atoms with Crippen LogP contribution in [0.1, 0.15) is 20.3 Å². The van der Waals surface area contributed by atoms with Crippen LogP contribution in [0.4, 0.5) is 0 Å². The van der Waals surface area contributed by atoms with Crippen molar-refractivity contribution in [2.75, 3.05) is 20.3 Å². The van der Waals surface area contributed by atoms with Crippen LogP contribution >= 0.6 is 0 Å². The van der Waals surface area contributed by atoms with Gasteiger partial charge in [-0.25, -0.2) is 28.1 Å². The Morgan fingerprint density at radius 1 is 0.897 bits per heavy atom. The lowest BCUT2D eigenvalue weighted by molar-refractivity contribution is -0.147. The predicted molar refractivity (Wildman–Crippen MR) is 96.1 cm³/mol. The van der Waals surface area contributed by atoms with Gasteiger partial charge in [-0.3, -0.25) is 9.59 Å². The Kier molecular flexibility index (Phi) is 9.44. The summed E-state index contributed by atoms with van der Waals surface area (Å²) in [5.41, 5.74) is -3.50. The molecule has 0 aromatic carbocycles. The molecule has 2 N–H and O–H groups in total. The molecule has 0 aliphatic heterocycles. The van der Waals surface area contributed by atoms with Crippen LogP contribution < -0.4 is 17.1 Å². The highest BCUT2D eigenvalue weighted by Gasteiger charge is 2.20. The first-order valence-corrected chi connectivity index (χ1v) is 8.73. The number of rotatable bonds is 11. The van der Waals surface area contributed by atoms with Crippen LogP contribution in [0.25, 0.3) is 0 Å². The van der Waals surface area contributed by atoms with Crippen molar-refractivity contribution >= 4 is 11.9 Å². The third kappa shape index (κ3) is 6.96. The molecule has 13 heteroatoms. The molecule has 2 atom stereocenters. The monoisotopic (exact) mass is 419 g/mol. The fraction of sp³-hybridized carbons (Fsp3) is 0.688. The number of ether oxygens (including phenoxy) is 3. The summed E-state index contributed by atoms with van der Waals surface area (Å²) in [6, 6.07) is 0. The fourth-order valence-electron chi connectivity index (χ4n) is 2.06. The SMILES string of the molecule is CCC(O)COC(=O)Cn1c(=O)n(COC)c(=O)n(CC(=O)OCC(C)O)c1=O. The largest absolute Gasteiger partial charge is 0.462 e. The summed E-state index contributed by atoms with van der Waals surface area (Å²) in [5.74, 6) is -2.00. The van der Waals surface area contributed by atoms with Gasteiger partial charge in [0.1, 0.15) is 33.0 Å². The number of methoxy groups -OCH3 is 1. The van der Waals surface area contributed by atoms with Gasteiger partial charge in [0.2, 0.25) is 0 Å². The molecule has 2 unspecified atom stereocenters. The first kappa shape index (κ1) is 24.3. The molecular weight excluding hydrogens is 394 g/mol. The van der Waals surface area contributed by atoms with Gasteiger partial charge in [-0.2, -0.15) is 0 Å². The summed E-state index contributed by atoms with van der Waals surface area (Å²) in [7, 11) is 1.20. The minimum absolute atomic E-state index is 0.327. The van der Waals surface area contributed by atoms with Gasteiger partial charge in [0.15, 0.2) is 0 Å². The van der Waals surface area contributed by atoms with E-state index in [1.165, 1.54) is 14.0 Å². The molecule has 0 aliphatic rings. The molecule has 0 saturated carbocycles. The van der Waals surface area contributed by atoms with Gasteiger partial charge in [0.25, 0.3) is 0 Å². The molecule has 0 spiro atoms. The molecule has 1 aromatic rings. The van der Waals surface area contributed by atoms with Crippen LogP contribution in [0.15, 0.2) is 14.4 Å². The van der Waals surface area contributed by atoms with Gasteiger partial charge in [-0.1, -0.05) is 6.92 Å². The normalized spacial score (nSPS) is 13.0.